The Kier molecular flexibility index (Phi) is 6.28. The highest BCUT2D eigenvalue weighted by atomic mass is 16.5. The number of likely N-dealkylation sites (N-methyl/N-ethyl adjacent to an activating group) is 1. The van der Waals surface area contributed by atoms with Gasteiger partial charge in [-0.15, -0.1) is 0 Å². The van der Waals surface area contributed by atoms with Crippen molar-refractivity contribution >= 4 is 0 Å². The first-order valence-corrected chi connectivity index (χ1v) is 6.17. The van der Waals surface area contributed by atoms with E-state index < -0.39 is 0 Å². The lowest BCUT2D eigenvalue weighted by atomic mass is 9.97. The van der Waals surface area contributed by atoms with Crippen molar-refractivity contribution in [2.24, 2.45) is 5.92 Å². The Labute approximate surface area is 98.5 Å². The number of aliphatic hydroxyl groups excluding tert-OH is 1. The Morgan fingerprint density at radius 3 is 2.88 bits per heavy atom. The highest BCUT2D eigenvalue weighted by molar-refractivity contribution is 4.78. The van der Waals surface area contributed by atoms with Crippen LogP contribution in [0.25, 0.3) is 0 Å². The molecule has 0 aromatic carbocycles. The molecule has 4 heteroatoms. The Bertz CT molecular complexity index is 189. The van der Waals surface area contributed by atoms with Gasteiger partial charge in [0.2, 0.25) is 0 Å². The van der Waals surface area contributed by atoms with Gasteiger partial charge < -0.3 is 14.6 Å². The summed E-state index contributed by atoms with van der Waals surface area (Å²) >= 11 is 0. The Hall–Kier alpha value is -0.160. The van der Waals surface area contributed by atoms with E-state index in [-0.39, 0.29) is 12.0 Å². The molecular weight excluding hydrogens is 206 g/mol. The summed E-state index contributed by atoms with van der Waals surface area (Å²) in [7, 11) is 1.73. The van der Waals surface area contributed by atoms with Crippen LogP contribution < -0.4 is 0 Å². The molecule has 1 saturated heterocycles. The normalized spacial score (nSPS) is 28.3. The van der Waals surface area contributed by atoms with Gasteiger partial charge in [-0.2, -0.15) is 0 Å². The molecule has 3 atom stereocenters. The minimum Gasteiger partial charge on any atom is -0.393 e. The standard InChI is InChI=1S/C12H25NO3/c1-4-13(10(2)8-15-3)7-11-9-16-6-5-12(11)14/h10-12,14H,4-9H2,1-3H3. The van der Waals surface area contributed by atoms with Crippen LogP contribution in [0.2, 0.25) is 0 Å². The first-order valence-electron chi connectivity index (χ1n) is 6.17. The molecule has 1 N–H and O–H groups in total. The van der Waals surface area contributed by atoms with Crippen LogP contribution in [0, 0.1) is 5.92 Å². The zero-order valence-electron chi connectivity index (χ0n) is 10.7. The van der Waals surface area contributed by atoms with Crippen LogP contribution in [0.1, 0.15) is 20.3 Å². The van der Waals surface area contributed by atoms with Crippen LogP contribution >= 0.6 is 0 Å². The second-order valence-electron chi connectivity index (χ2n) is 4.58. The van der Waals surface area contributed by atoms with Crippen LogP contribution in [-0.2, 0) is 9.47 Å². The van der Waals surface area contributed by atoms with Crippen molar-refractivity contribution in [3.05, 3.63) is 0 Å². The molecule has 0 spiro atoms. The van der Waals surface area contributed by atoms with Gasteiger partial charge in [0.1, 0.15) is 0 Å². The fourth-order valence-corrected chi connectivity index (χ4v) is 2.23. The fraction of sp³-hybridized carbons (Fsp3) is 1.00. The van der Waals surface area contributed by atoms with E-state index in [2.05, 4.69) is 18.7 Å². The molecule has 96 valence electrons. The molecule has 3 unspecified atom stereocenters. The average Bonchev–Trinajstić information content (AvgIpc) is 2.28. The lowest BCUT2D eigenvalue weighted by Gasteiger charge is -2.35. The van der Waals surface area contributed by atoms with Crippen molar-refractivity contribution in [2.75, 3.05) is 40.0 Å². The van der Waals surface area contributed by atoms with E-state index in [0.29, 0.717) is 19.3 Å². The highest BCUT2D eigenvalue weighted by Crippen LogP contribution is 2.17. The summed E-state index contributed by atoms with van der Waals surface area (Å²) in [6.45, 7) is 8.27. The van der Waals surface area contributed by atoms with Gasteiger partial charge in [-0.05, 0) is 19.9 Å². The van der Waals surface area contributed by atoms with Crippen molar-refractivity contribution < 1.29 is 14.6 Å². The first kappa shape index (κ1) is 13.9. The van der Waals surface area contributed by atoms with Crippen LogP contribution in [0.15, 0.2) is 0 Å². The molecule has 4 nitrogen and oxygen atoms in total. The van der Waals surface area contributed by atoms with Gasteiger partial charge in [-0.3, -0.25) is 4.90 Å². The van der Waals surface area contributed by atoms with E-state index in [1.165, 1.54) is 0 Å². The lowest BCUT2D eigenvalue weighted by molar-refractivity contribution is -0.0522. The number of methoxy groups -OCH3 is 1. The van der Waals surface area contributed by atoms with E-state index in [4.69, 9.17) is 9.47 Å². The summed E-state index contributed by atoms with van der Waals surface area (Å²) in [5, 5.41) is 9.89. The SMILES string of the molecule is CCN(CC1COCCC1O)C(C)COC. The Balaban J connectivity index is 2.41. The zero-order chi connectivity index (χ0) is 12.0. The number of rotatable bonds is 6. The predicted octanol–water partition coefficient (Wildman–Crippen LogP) is 0.741. The molecule has 0 amide bonds. The summed E-state index contributed by atoms with van der Waals surface area (Å²) < 4.78 is 10.6. The van der Waals surface area contributed by atoms with Crippen LogP contribution in [0.4, 0.5) is 0 Å². The van der Waals surface area contributed by atoms with Gasteiger partial charge in [0.25, 0.3) is 0 Å². The maximum atomic E-state index is 9.89. The molecule has 16 heavy (non-hydrogen) atoms. The maximum Gasteiger partial charge on any atom is 0.0624 e. The van der Waals surface area contributed by atoms with Gasteiger partial charge in [-0.25, -0.2) is 0 Å². The molecule has 1 fully saturated rings. The topological polar surface area (TPSA) is 41.9 Å². The third-order valence-corrected chi connectivity index (χ3v) is 3.34. The smallest absolute Gasteiger partial charge is 0.0624 e. The van der Waals surface area contributed by atoms with Crippen molar-refractivity contribution in [1.82, 2.24) is 4.90 Å². The first-order chi connectivity index (χ1) is 7.69. The van der Waals surface area contributed by atoms with E-state index >= 15 is 0 Å². The molecule has 1 aliphatic heterocycles. The maximum absolute atomic E-state index is 9.89. The van der Waals surface area contributed by atoms with Gasteiger partial charge in [0.15, 0.2) is 0 Å². The predicted molar refractivity (Wildman–Crippen MR) is 63.5 cm³/mol. The average molecular weight is 231 g/mol. The number of hydrogen-bond donors (Lipinski definition) is 1. The van der Waals surface area contributed by atoms with E-state index in [9.17, 15) is 5.11 Å². The molecule has 0 bridgehead atoms. The minimum absolute atomic E-state index is 0.211. The lowest BCUT2D eigenvalue weighted by Crippen LogP contribution is -2.45. The third-order valence-electron chi connectivity index (χ3n) is 3.34. The van der Waals surface area contributed by atoms with Gasteiger partial charge in [0, 0.05) is 32.2 Å². The second-order valence-corrected chi connectivity index (χ2v) is 4.58. The van der Waals surface area contributed by atoms with Gasteiger partial charge in [-0.1, -0.05) is 6.92 Å². The van der Waals surface area contributed by atoms with Crippen LogP contribution in [0.5, 0.6) is 0 Å². The summed E-state index contributed by atoms with van der Waals surface area (Å²) in [5.74, 6) is 0.244. The molecule has 1 rings (SSSR count). The van der Waals surface area contributed by atoms with Crippen LogP contribution in [0.3, 0.4) is 0 Å². The van der Waals surface area contributed by atoms with Gasteiger partial charge in [0.05, 0.1) is 19.3 Å². The summed E-state index contributed by atoms with van der Waals surface area (Å²) in [6, 6.07) is 0.393. The van der Waals surface area contributed by atoms with Gasteiger partial charge >= 0.3 is 0 Å². The molecule has 1 aliphatic rings. The highest BCUT2D eigenvalue weighted by Gasteiger charge is 2.26. The van der Waals surface area contributed by atoms with E-state index in [0.717, 1.165) is 26.1 Å². The molecule has 0 radical (unpaired) electrons. The molecular formula is C12H25NO3. The van der Waals surface area contributed by atoms with E-state index in [1.807, 2.05) is 0 Å². The summed E-state index contributed by atoms with van der Waals surface area (Å²) in [6.07, 6.45) is 0.554. The fourth-order valence-electron chi connectivity index (χ4n) is 2.23. The monoisotopic (exact) mass is 231 g/mol. The van der Waals surface area contributed by atoms with Crippen LogP contribution in [-0.4, -0.2) is 62.2 Å². The molecule has 1 heterocycles. The molecule has 0 aromatic rings. The number of hydrogen-bond acceptors (Lipinski definition) is 4. The quantitative estimate of drug-likeness (QED) is 0.732. The molecule has 0 saturated carbocycles. The van der Waals surface area contributed by atoms with Crippen molar-refractivity contribution in [1.29, 1.82) is 0 Å². The third kappa shape index (κ3) is 4.01. The minimum atomic E-state index is -0.211. The van der Waals surface area contributed by atoms with E-state index in [1.54, 1.807) is 7.11 Å². The molecule has 0 aliphatic carbocycles. The second kappa shape index (κ2) is 7.22. The Morgan fingerprint density at radius 1 is 1.56 bits per heavy atom. The number of nitrogens with zero attached hydrogens (tertiary/aromatic N) is 1. The Morgan fingerprint density at radius 2 is 2.31 bits per heavy atom. The number of ether oxygens (including phenoxy) is 2. The summed E-state index contributed by atoms with van der Waals surface area (Å²) in [4.78, 5) is 2.34. The van der Waals surface area contributed by atoms with Crippen molar-refractivity contribution in [3.8, 4) is 0 Å². The van der Waals surface area contributed by atoms with Crippen molar-refractivity contribution in [2.45, 2.75) is 32.4 Å². The number of aliphatic hydroxyl groups is 1. The summed E-state index contributed by atoms with van der Waals surface area (Å²) in [5.41, 5.74) is 0. The largest absolute Gasteiger partial charge is 0.393 e. The molecule has 0 aromatic heterocycles. The zero-order valence-corrected chi connectivity index (χ0v) is 10.7. The van der Waals surface area contributed by atoms with Crippen molar-refractivity contribution in [3.63, 3.8) is 0 Å².